The standard InChI is InChI=1S/C19H25NO3/c1-3-10-19(14-20,11-12-21)15-8-9-17(22-2)18(13-15)23-16-6-4-5-7-16/h8-9,12-13,16H,3-7,10-11H2,1-2H3. The van der Waals surface area contributed by atoms with Crippen molar-refractivity contribution in [1.29, 1.82) is 5.26 Å². The van der Waals surface area contributed by atoms with E-state index in [1.807, 2.05) is 25.1 Å². The number of ether oxygens (including phenoxy) is 2. The van der Waals surface area contributed by atoms with Gasteiger partial charge in [0.05, 0.1) is 24.7 Å². The first-order valence-electron chi connectivity index (χ1n) is 8.39. The van der Waals surface area contributed by atoms with Crippen LogP contribution in [0, 0.1) is 11.3 Å². The van der Waals surface area contributed by atoms with Gasteiger partial charge in [-0.1, -0.05) is 19.4 Å². The molecule has 0 heterocycles. The van der Waals surface area contributed by atoms with E-state index in [0.717, 1.165) is 31.1 Å². The Morgan fingerprint density at radius 3 is 2.65 bits per heavy atom. The zero-order valence-electron chi connectivity index (χ0n) is 14.0. The first-order valence-corrected chi connectivity index (χ1v) is 8.39. The van der Waals surface area contributed by atoms with Gasteiger partial charge in [0.2, 0.25) is 0 Å². The highest BCUT2D eigenvalue weighted by atomic mass is 16.5. The van der Waals surface area contributed by atoms with Crippen LogP contribution in [0.15, 0.2) is 18.2 Å². The lowest BCUT2D eigenvalue weighted by Crippen LogP contribution is -2.25. The predicted octanol–water partition coefficient (Wildman–Crippen LogP) is 4.17. The Morgan fingerprint density at radius 1 is 1.35 bits per heavy atom. The van der Waals surface area contributed by atoms with Crippen LogP contribution in [0.3, 0.4) is 0 Å². The Morgan fingerprint density at radius 2 is 2.09 bits per heavy atom. The second-order valence-electron chi connectivity index (χ2n) is 6.20. The number of nitriles is 1. The van der Waals surface area contributed by atoms with Gasteiger partial charge in [0, 0.05) is 6.42 Å². The molecule has 1 aliphatic rings. The highest BCUT2D eigenvalue weighted by molar-refractivity contribution is 5.57. The Labute approximate surface area is 138 Å². The van der Waals surface area contributed by atoms with Gasteiger partial charge in [-0.2, -0.15) is 5.26 Å². The molecule has 0 amide bonds. The summed E-state index contributed by atoms with van der Waals surface area (Å²) in [6.07, 6.45) is 7.23. The third-order valence-electron chi connectivity index (χ3n) is 4.63. The smallest absolute Gasteiger partial charge is 0.161 e. The van der Waals surface area contributed by atoms with Crippen LogP contribution in [0.1, 0.15) is 57.4 Å². The lowest BCUT2D eigenvalue weighted by Gasteiger charge is -2.26. The molecule has 0 aromatic heterocycles. The number of methoxy groups -OCH3 is 1. The molecule has 0 radical (unpaired) electrons. The molecule has 1 fully saturated rings. The van der Waals surface area contributed by atoms with Crippen molar-refractivity contribution in [3.63, 3.8) is 0 Å². The molecule has 1 atom stereocenters. The maximum absolute atomic E-state index is 11.1. The van der Waals surface area contributed by atoms with Crippen LogP contribution in [0.4, 0.5) is 0 Å². The average Bonchev–Trinajstić information content (AvgIpc) is 3.07. The van der Waals surface area contributed by atoms with Crippen molar-refractivity contribution in [2.45, 2.75) is 63.4 Å². The molecule has 0 bridgehead atoms. The minimum absolute atomic E-state index is 0.201. The maximum atomic E-state index is 11.1. The minimum Gasteiger partial charge on any atom is -0.493 e. The van der Waals surface area contributed by atoms with Crippen LogP contribution in [0.2, 0.25) is 0 Å². The summed E-state index contributed by atoms with van der Waals surface area (Å²) in [7, 11) is 1.62. The summed E-state index contributed by atoms with van der Waals surface area (Å²) in [6, 6.07) is 7.97. The first-order chi connectivity index (χ1) is 11.2. The minimum atomic E-state index is -0.781. The number of benzene rings is 1. The lowest BCUT2D eigenvalue weighted by atomic mass is 9.76. The van der Waals surface area contributed by atoms with E-state index >= 15 is 0 Å². The Hall–Kier alpha value is -2.02. The summed E-state index contributed by atoms with van der Waals surface area (Å²) in [5, 5.41) is 9.71. The van der Waals surface area contributed by atoms with Crippen molar-refractivity contribution in [1.82, 2.24) is 0 Å². The first kappa shape index (κ1) is 17.3. The second-order valence-corrected chi connectivity index (χ2v) is 6.20. The fourth-order valence-corrected chi connectivity index (χ4v) is 3.35. The number of aldehydes is 1. The van der Waals surface area contributed by atoms with E-state index in [1.165, 1.54) is 12.8 Å². The number of hydrogen-bond acceptors (Lipinski definition) is 4. The average molecular weight is 315 g/mol. The second kappa shape index (κ2) is 8.01. The number of carbonyl (C=O) groups is 1. The predicted molar refractivity (Wildman–Crippen MR) is 88.8 cm³/mol. The van der Waals surface area contributed by atoms with Crippen molar-refractivity contribution in [3.8, 4) is 17.6 Å². The van der Waals surface area contributed by atoms with Crippen molar-refractivity contribution >= 4 is 6.29 Å². The van der Waals surface area contributed by atoms with Crippen molar-refractivity contribution < 1.29 is 14.3 Å². The van der Waals surface area contributed by atoms with Gasteiger partial charge in [0.25, 0.3) is 0 Å². The zero-order chi connectivity index (χ0) is 16.7. The van der Waals surface area contributed by atoms with Gasteiger partial charge in [0.15, 0.2) is 11.5 Å². The summed E-state index contributed by atoms with van der Waals surface area (Å²) in [5.41, 5.74) is 0.0547. The SMILES string of the molecule is CCCC(C#N)(CC=O)c1ccc(OC)c(OC2CCCC2)c1. The van der Waals surface area contributed by atoms with E-state index in [1.54, 1.807) is 7.11 Å². The molecule has 0 saturated heterocycles. The van der Waals surface area contributed by atoms with Gasteiger partial charge in [-0.25, -0.2) is 0 Å². The normalized spacial score (nSPS) is 17.3. The number of nitrogens with zero attached hydrogens (tertiary/aromatic N) is 1. The molecule has 4 heteroatoms. The molecular weight excluding hydrogens is 290 g/mol. The molecule has 1 aliphatic carbocycles. The molecular formula is C19H25NO3. The Bertz CT molecular complexity index is 572. The molecule has 2 rings (SSSR count). The van der Waals surface area contributed by atoms with Crippen LogP contribution >= 0.6 is 0 Å². The molecule has 23 heavy (non-hydrogen) atoms. The third kappa shape index (κ3) is 3.85. The quantitative estimate of drug-likeness (QED) is 0.676. The van der Waals surface area contributed by atoms with E-state index in [0.29, 0.717) is 17.9 Å². The Kier molecular flexibility index (Phi) is 6.04. The summed E-state index contributed by atoms with van der Waals surface area (Å²) in [5.74, 6) is 1.36. The molecule has 0 spiro atoms. The molecule has 0 N–H and O–H groups in total. The van der Waals surface area contributed by atoms with Crippen LogP contribution in [-0.4, -0.2) is 19.5 Å². The van der Waals surface area contributed by atoms with E-state index in [4.69, 9.17) is 9.47 Å². The van der Waals surface area contributed by atoms with Crippen LogP contribution < -0.4 is 9.47 Å². The molecule has 4 nitrogen and oxygen atoms in total. The van der Waals surface area contributed by atoms with Gasteiger partial charge >= 0.3 is 0 Å². The largest absolute Gasteiger partial charge is 0.493 e. The zero-order valence-corrected chi connectivity index (χ0v) is 14.0. The van der Waals surface area contributed by atoms with E-state index in [9.17, 15) is 10.1 Å². The maximum Gasteiger partial charge on any atom is 0.161 e. The van der Waals surface area contributed by atoms with Crippen LogP contribution in [0.25, 0.3) is 0 Å². The van der Waals surface area contributed by atoms with Crippen LogP contribution in [-0.2, 0) is 10.2 Å². The topological polar surface area (TPSA) is 59.3 Å². The Balaban J connectivity index is 2.37. The summed E-state index contributed by atoms with van der Waals surface area (Å²) in [6.45, 7) is 2.02. The monoisotopic (exact) mass is 315 g/mol. The summed E-state index contributed by atoms with van der Waals surface area (Å²) < 4.78 is 11.5. The van der Waals surface area contributed by atoms with Crippen molar-refractivity contribution in [3.05, 3.63) is 23.8 Å². The van der Waals surface area contributed by atoms with E-state index in [2.05, 4.69) is 6.07 Å². The van der Waals surface area contributed by atoms with Gasteiger partial charge in [0.1, 0.15) is 6.29 Å². The number of hydrogen-bond donors (Lipinski definition) is 0. The van der Waals surface area contributed by atoms with Crippen molar-refractivity contribution in [2.75, 3.05) is 7.11 Å². The fraction of sp³-hybridized carbons (Fsp3) is 0.579. The molecule has 1 aromatic rings. The molecule has 1 aromatic carbocycles. The molecule has 1 saturated carbocycles. The van der Waals surface area contributed by atoms with E-state index < -0.39 is 5.41 Å². The van der Waals surface area contributed by atoms with Crippen molar-refractivity contribution in [2.24, 2.45) is 0 Å². The molecule has 1 unspecified atom stereocenters. The van der Waals surface area contributed by atoms with Gasteiger partial charge in [-0.05, 0) is 49.8 Å². The molecule has 0 aliphatic heterocycles. The number of carbonyl (C=O) groups excluding carboxylic acids is 1. The summed E-state index contributed by atoms with van der Waals surface area (Å²) in [4.78, 5) is 11.1. The fourth-order valence-electron chi connectivity index (χ4n) is 3.35. The van der Waals surface area contributed by atoms with Crippen LogP contribution in [0.5, 0.6) is 11.5 Å². The number of rotatable bonds is 8. The molecule has 124 valence electrons. The lowest BCUT2D eigenvalue weighted by molar-refractivity contribution is -0.108. The highest BCUT2D eigenvalue weighted by Crippen LogP contribution is 2.39. The van der Waals surface area contributed by atoms with E-state index in [-0.39, 0.29) is 12.5 Å². The third-order valence-corrected chi connectivity index (χ3v) is 4.63. The van der Waals surface area contributed by atoms with Gasteiger partial charge < -0.3 is 14.3 Å². The highest BCUT2D eigenvalue weighted by Gasteiger charge is 2.32. The summed E-state index contributed by atoms with van der Waals surface area (Å²) >= 11 is 0. The van der Waals surface area contributed by atoms with Gasteiger partial charge in [-0.3, -0.25) is 0 Å². The van der Waals surface area contributed by atoms with Gasteiger partial charge in [-0.15, -0.1) is 0 Å².